The van der Waals surface area contributed by atoms with Crippen LogP contribution < -0.4 is 4.74 Å². The van der Waals surface area contributed by atoms with E-state index < -0.39 is 0 Å². The Kier molecular flexibility index (Phi) is 3.63. The van der Waals surface area contributed by atoms with E-state index in [1.165, 1.54) is 0 Å². The van der Waals surface area contributed by atoms with Crippen LogP contribution in [0, 0.1) is 0 Å². The fraction of sp³-hybridized carbons (Fsp3) is 0.286. The maximum atomic E-state index is 5.68. The van der Waals surface area contributed by atoms with E-state index in [0.717, 1.165) is 5.69 Å². The maximum Gasteiger partial charge on any atom is 0.229 e. The monoisotopic (exact) mass is 285 g/mol. The summed E-state index contributed by atoms with van der Waals surface area (Å²) >= 11 is 0. The average molecular weight is 285 g/mol. The van der Waals surface area contributed by atoms with E-state index in [2.05, 4.69) is 20.5 Å². The summed E-state index contributed by atoms with van der Waals surface area (Å²) < 4.78 is 12.5. The van der Waals surface area contributed by atoms with E-state index in [-0.39, 0.29) is 12.5 Å². The van der Waals surface area contributed by atoms with Crippen molar-refractivity contribution in [3.8, 4) is 11.4 Å². The molecule has 3 aromatic rings. The Morgan fingerprint density at radius 3 is 2.95 bits per heavy atom. The number of rotatable bonds is 5. The highest BCUT2D eigenvalue weighted by atomic mass is 16.5. The minimum atomic E-state index is 0.210. The van der Waals surface area contributed by atoms with Crippen LogP contribution in [0.15, 0.2) is 41.2 Å². The molecule has 0 N–H and O–H groups in total. The summed E-state index contributed by atoms with van der Waals surface area (Å²) in [6.45, 7) is 4.26. The van der Waals surface area contributed by atoms with E-state index in [4.69, 9.17) is 9.26 Å². The third-order valence-corrected chi connectivity index (χ3v) is 2.85. The molecule has 0 unspecified atom stereocenters. The zero-order valence-corrected chi connectivity index (χ0v) is 11.8. The maximum absolute atomic E-state index is 5.68. The van der Waals surface area contributed by atoms with Gasteiger partial charge in [-0.05, 0) is 12.1 Å². The molecule has 3 rings (SSSR count). The summed E-state index contributed by atoms with van der Waals surface area (Å²) in [5.74, 6) is 2.07. The molecule has 0 fully saturated rings. The van der Waals surface area contributed by atoms with Gasteiger partial charge in [0.15, 0.2) is 6.61 Å². The van der Waals surface area contributed by atoms with Crippen molar-refractivity contribution in [1.82, 2.24) is 25.1 Å². The molecular formula is C14H15N5O2. The Morgan fingerprint density at radius 1 is 1.33 bits per heavy atom. The van der Waals surface area contributed by atoms with Crippen molar-refractivity contribution in [2.45, 2.75) is 26.4 Å². The quantitative estimate of drug-likeness (QED) is 0.716. The number of nitrogens with zero attached hydrogens (tertiary/aromatic N) is 5. The molecule has 0 atom stereocenters. The first-order chi connectivity index (χ1) is 10.2. The van der Waals surface area contributed by atoms with Crippen LogP contribution >= 0.6 is 0 Å². The second-order valence-electron chi connectivity index (χ2n) is 4.84. The number of benzene rings is 1. The van der Waals surface area contributed by atoms with Crippen molar-refractivity contribution in [3.63, 3.8) is 0 Å². The second-order valence-corrected chi connectivity index (χ2v) is 4.84. The molecule has 2 aromatic heterocycles. The van der Waals surface area contributed by atoms with Gasteiger partial charge < -0.3 is 9.26 Å². The van der Waals surface area contributed by atoms with Crippen molar-refractivity contribution in [2.75, 3.05) is 0 Å². The lowest BCUT2D eigenvalue weighted by Gasteiger charge is -2.05. The van der Waals surface area contributed by atoms with Gasteiger partial charge in [-0.3, -0.25) is 0 Å². The van der Waals surface area contributed by atoms with Crippen LogP contribution in [0.3, 0.4) is 0 Å². The predicted molar refractivity (Wildman–Crippen MR) is 74.1 cm³/mol. The molecule has 1 aromatic carbocycles. The first-order valence-electron chi connectivity index (χ1n) is 6.64. The van der Waals surface area contributed by atoms with Gasteiger partial charge in [-0.2, -0.15) is 4.98 Å². The minimum absolute atomic E-state index is 0.210. The molecular weight excluding hydrogens is 270 g/mol. The SMILES string of the molecule is CC(C)c1nc(COc2cccc(-n3ccnn3)c2)no1. The van der Waals surface area contributed by atoms with E-state index in [9.17, 15) is 0 Å². The molecule has 0 saturated heterocycles. The molecule has 0 aliphatic rings. The molecule has 7 nitrogen and oxygen atoms in total. The Balaban J connectivity index is 1.69. The van der Waals surface area contributed by atoms with Gasteiger partial charge in [-0.15, -0.1) is 5.10 Å². The van der Waals surface area contributed by atoms with Crippen molar-refractivity contribution in [2.24, 2.45) is 0 Å². The van der Waals surface area contributed by atoms with Crippen LogP contribution in [0.4, 0.5) is 0 Å². The van der Waals surface area contributed by atoms with E-state index >= 15 is 0 Å². The van der Waals surface area contributed by atoms with Crippen LogP contribution in [0.2, 0.25) is 0 Å². The first-order valence-corrected chi connectivity index (χ1v) is 6.64. The molecule has 0 saturated carbocycles. The van der Waals surface area contributed by atoms with Crippen LogP contribution in [0.5, 0.6) is 5.75 Å². The zero-order valence-electron chi connectivity index (χ0n) is 11.8. The fourth-order valence-corrected chi connectivity index (χ4v) is 1.77. The van der Waals surface area contributed by atoms with Gasteiger partial charge in [-0.25, -0.2) is 4.68 Å². The highest BCUT2D eigenvalue weighted by molar-refractivity contribution is 5.38. The lowest BCUT2D eigenvalue weighted by Crippen LogP contribution is -2.00. The molecule has 108 valence electrons. The highest BCUT2D eigenvalue weighted by Gasteiger charge is 2.10. The standard InChI is InChI=1S/C14H15N5O2/c1-10(2)14-16-13(17-21-14)9-20-12-5-3-4-11(8-12)19-7-6-15-18-19/h3-8,10H,9H2,1-2H3. The molecule has 0 radical (unpaired) electrons. The summed E-state index contributed by atoms with van der Waals surface area (Å²) in [5, 5.41) is 11.6. The summed E-state index contributed by atoms with van der Waals surface area (Å²) in [6, 6.07) is 7.55. The van der Waals surface area contributed by atoms with E-state index in [0.29, 0.717) is 17.5 Å². The van der Waals surface area contributed by atoms with Gasteiger partial charge >= 0.3 is 0 Å². The third-order valence-electron chi connectivity index (χ3n) is 2.85. The third kappa shape index (κ3) is 3.07. The minimum Gasteiger partial charge on any atom is -0.485 e. The Bertz CT molecular complexity index is 706. The van der Waals surface area contributed by atoms with Gasteiger partial charge in [0.25, 0.3) is 0 Å². The molecule has 0 amide bonds. The smallest absolute Gasteiger partial charge is 0.229 e. The summed E-state index contributed by atoms with van der Waals surface area (Å²) in [5.41, 5.74) is 0.876. The Labute approximate surface area is 121 Å². The van der Waals surface area contributed by atoms with Gasteiger partial charge in [0, 0.05) is 12.0 Å². The molecule has 7 heteroatoms. The lowest BCUT2D eigenvalue weighted by atomic mass is 10.2. The summed E-state index contributed by atoms with van der Waals surface area (Å²) in [7, 11) is 0. The van der Waals surface area contributed by atoms with Crippen LogP contribution in [-0.2, 0) is 6.61 Å². The number of hydrogen-bond donors (Lipinski definition) is 0. The molecule has 2 heterocycles. The Morgan fingerprint density at radius 2 is 2.24 bits per heavy atom. The summed E-state index contributed by atoms with van der Waals surface area (Å²) in [4.78, 5) is 4.27. The fourth-order valence-electron chi connectivity index (χ4n) is 1.77. The molecule has 0 aliphatic heterocycles. The van der Waals surface area contributed by atoms with Crippen molar-refractivity contribution < 1.29 is 9.26 Å². The second kappa shape index (κ2) is 5.74. The largest absolute Gasteiger partial charge is 0.485 e. The normalized spacial score (nSPS) is 11.0. The molecule has 0 aliphatic carbocycles. The zero-order chi connectivity index (χ0) is 14.7. The van der Waals surface area contributed by atoms with Crippen LogP contribution in [0.25, 0.3) is 5.69 Å². The van der Waals surface area contributed by atoms with Gasteiger partial charge in [-0.1, -0.05) is 30.3 Å². The van der Waals surface area contributed by atoms with Crippen molar-refractivity contribution in [3.05, 3.63) is 48.4 Å². The van der Waals surface area contributed by atoms with Crippen LogP contribution in [0.1, 0.15) is 31.5 Å². The highest BCUT2D eigenvalue weighted by Crippen LogP contribution is 2.17. The van der Waals surface area contributed by atoms with Gasteiger partial charge in [0.1, 0.15) is 5.75 Å². The number of aromatic nitrogens is 5. The van der Waals surface area contributed by atoms with E-state index in [1.807, 2.05) is 38.1 Å². The van der Waals surface area contributed by atoms with Gasteiger partial charge in [0.05, 0.1) is 18.1 Å². The Hall–Kier alpha value is -2.70. The first kappa shape index (κ1) is 13.3. The van der Waals surface area contributed by atoms with Gasteiger partial charge in [0.2, 0.25) is 11.7 Å². The predicted octanol–water partition coefficient (Wildman–Crippen LogP) is 2.35. The van der Waals surface area contributed by atoms with Crippen LogP contribution in [-0.4, -0.2) is 25.1 Å². The van der Waals surface area contributed by atoms with E-state index in [1.54, 1.807) is 17.1 Å². The topological polar surface area (TPSA) is 78.9 Å². The number of hydrogen-bond acceptors (Lipinski definition) is 6. The summed E-state index contributed by atoms with van der Waals surface area (Å²) in [6.07, 6.45) is 3.40. The molecule has 0 bridgehead atoms. The average Bonchev–Trinajstić information content (AvgIpc) is 3.17. The lowest BCUT2D eigenvalue weighted by molar-refractivity contribution is 0.284. The van der Waals surface area contributed by atoms with Crippen molar-refractivity contribution in [1.29, 1.82) is 0 Å². The molecule has 21 heavy (non-hydrogen) atoms. The van der Waals surface area contributed by atoms with Crippen molar-refractivity contribution >= 4 is 0 Å². The number of ether oxygens (including phenoxy) is 1. The molecule has 0 spiro atoms.